The summed E-state index contributed by atoms with van der Waals surface area (Å²) in [6.07, 6.45) is 10.5. The van der Waals surface area contributed by atoms with Gasteiger partial charge in [-0.05, 0) is 57.2 Å². The first kappa shape index (κ1) is 24.4. The molecule has 29 heavy (non-hydrogen) atoms. The minimum absolute atomic E-state index is 0.191. The van der Waals surface area contributed by atoms with Crippen LogP contribution in [-0.4, -0.2) is 43.5 Å². The standard InChI is InChI=1S/C23H32O6/c1-3-27-22(25)14-10-18-29-21-13-9-12-19(11-7-5-6-8-17-24)20(21)15-16-23(26)28-4-2/h7,9,11-13,15-16,24H,3-6,8,10,14,17-18H2,1-2H3/b11-7+,16-15+. The molecular weight excluding hydrogens is 372 g/mol. The summed E-state index contributed by atoms with van der Waals surface area (Å²) in [5.41, 5.74) is 1.69. The van der Waals surface area contributed by atoms with E-state index in [1.165, 1.54) is 6.08 Å². The Balaban J connectivity index is 2.87. The predicted molar refractivity (Wildman–Crippen MR) is 113 cm³/mol. The highest BCUT2D eigenvalue weighted by Crippen LogP contribution is 2.26. The zero-order valence-electron chi connectivity index (χ0n) is 17.4. The Bertz CT molecular complexity index is 678. The van der Waals surface area contributed by atoms with E-state index in [2.05, 4.69) is 0 Å². The van der Waals surface area contributed by atoms with E-state index in [4.69, 9.17) is 19.3 Å². The molecule has 1 aromatic rings. The minimum Gasteiger partial charge on any atom is -0.493 e. The zero-order chi connectivity index (χ0) is 21.3. The summed E-state index contributed by atoms with van der Waals surface area (Å²) in [5.74, 6) is -0.0208. The Labute approximate surface area is 173 Å². The molecule has 0 aliphatic rings. The summed E-state index contributed by atoms with van der Waals surface area (Å²) in [6.45, 7) is 4.77. The number of ether oxygens (including phenoxy) is 3. The van der Waals surface area contributed by atoms with E-state index in [0.717, 1.165) is 30.4 Å². The van der Waals surface area contributed by atoms with E-state index in [0.29, 0.717) is 38.4 Å². The molecule has 0 aliphatic heterocycles. The summed E-state index contributed by atoms with van der Waals surface area (Å²) in [4.78, 5) is 23.2. The Morgan fingerprint density at radius 3 is 2.55 bits per heavy atom. The second-order valence-corrected chi connectivity index (χ2v) is 6.22. The topological polar surface area (TPSA) is 82.1 Å². The molecule has 1 N–H and O–H groups in total. The van der Waals surface area contributed by atoms with Crippen LogP contribution in [0, 0.1) is 0 Å². The van der Waals surface area contributed by atoms with Crippen molar-refractivity contribution in [3.63, 3.8) is 0 Å². The lowest BCUT2D eigenvalue weighted by atomic mass is 10.0. The highest BCUT2D eigenvalue weighted by molar-refractivity contribution is 5.88. The maximum Gasteiger partial charge on any atom is 0.330 e. The Kier molecular flexibility index (Phi) is 12.9. The molecule has 1 aromatic carbocycles. The summed E-state index contributed by atoms with van der Waals surface area (Å²) in [5, 5.41) is 8.87. The van der Waals surface area contributed by atoms with Gasteiger partial charge in [0.25, 0.3) is 0 Å². The fourth-order valence-electron chi connectivity index (χ4n) is 2.57. The molecule has 0 atom stereocenters. The fraction of sp³-hybridized carbons (Fsp3) is 0.478. The number of carbonyl (C=O) groups is 2. The van der Waals surface area contributed by atoms with Crippen molar-refractivity contribution >= 4 is 24.1 Å². The van der Waals surface area contributed by atoms with Gasteiger partial charge < -0.3 is 19.3 Å². The van der Waals surface area contributed by atoms with Crippen molar-refractivity contribution < 1.29 is 28.9 Å². The van der Waals surface area contributed by atoms with Gasteiger partial charge in [-0.1, -0.05) is 24.3 Å². The van der Waals surface area contributed by atoms with Crippen LogP contribution in [-0.2, 0) is 19.1 Å². The molecule has 0 spiro atoms. The summed E-state index contributed by atoms with van der Waals surface area (Å²) >= 11 is 0. The first-order valence-corrected chi connectivity index (χ1v) is 10.2. The number of benzene rings is 1. The van der Waals surface area contributed by atoms with Gasteiger partial charge in [0.05, 0.1) is 19.8 Å². The van der Waals surface area contributed by atoms with E-state index in [-0.39, 0.29) is 12.6 Å². The Hall–Kier alpha value is -2.60. The van der Waals surface area contributed by atoms with Crippen LogP contribution >= 0.6 is 0 Å². The number of hydrogen-bond acceptors (Lipinski definition) is 6. The molecule has 0 aliphatic carbocycles. The summed E-state index contributed by atoms with van der Waals surface area (Å²) < 4.78 is 15.7. The third-order valence-corrected chi connectivity index (χ3v) is 3.94. The quantitative estimate of drug-likeness (QED) is 0.285. The number of esters is 2. The maximum absolute atomic E-state index is 11.7. The van der Waals surface area contributed by atoms with Crippen molar-refractivity contribution in [2.75, 3.05) is 26.4 Å². The van der Waals surface area contributed by atoms with Crippen molar-refractivity contribution in [3.05, 3.63) is 41.5 Å². The van der Waals surface area contributed by atoms with E-state index < -0.39 is 5.97 Å². The predicted octanol–water partition coefficient (Wildman–Crippen LogP) is 4.16. The molecule has 0 saturated heterocycles. The smallest absolute Gasteiger partial charge is 0.330 e. The average molecular weight is 405 g/mol. The monoisotopic (exact) mass is 404 g/mol. The van der Waals surface area contributed by atoms with Crippen LogP contribution in [0.2, 0.25) is 0 Å². The molecule has 1 rings (SSSR count). The van der Waals surface area contributed by atoms with Gasteiger partial charge in [0, 0.05) is 24.7 Å². The van der Waals surface area contributed by atoms with Gasteiger partial charge in [-0.3, -0.25) is 4.79 Å². The number of hydrogen-bond donors (Lipinski definition) is 1. The van der Waals surface area contributed by atoms with Crippen LogP contribution < -0.4 is 4.74 Å². The lowest BCUT2D eigenvalue weighted by Crippen LogP contribution is -2.07. The molecule has 160 valence electrons. The number of aliphatic hydroxyl groups is 1. The van der Waals surface area contributed by atoms with Crippen LogP contribution in [0.1, 0.15) is 57.1 Å². The third kappa shape index (κ3) is 10.5. The van der Waals surface area contributed by atoms with E-state index >= 15 is 0 Å². The van der Waals surface area contributed by atoms with E-state index in [9.17, 15) is 9.59 Å². The first-order chi connectivity index (χ1) is 14.1. The van der Waals surface area contributed by atoms with Crippen LogP contribution in [0.15, 0.2) is 30.4 Å². The van der Waals surface area contributed by atoms with Crippen molar-refractivity contribution in [1.82, 2.24) is 0 Å². The summed E-state index contributed by atoms with van der Waals surface area (Å²) in [7, 11) is 0. The maximum atomic E-state index is 11.7. The van der Waals surface area contributed by atoms with Crippen LogP contribution in [0.5, 0.6) is 5.75 Å². The van der Waals surface area contributed by atoms with Crippen molar-refractivity contribution in [2.24, 2.45) is 0 Å². The SMILES string of the molecule is CCOC(=O)/C=C/c1c(/C=C/CCCCO)cccc1OCCCC(=O)OCC. The molecular formula is C23H32O6. The van der Waals surface area contributed by atoms with Gasteiger partial charge >= 0.3 is 11.9 Å². The van der Waals surface area contributed by atoms with Gasteiger partial charge in [0.1, 0.15) is 5.75 Å². The molecule has 0 aromatic heterocycles. The van der Waals surface area contributed by atoms with Crippen molar-refractivity contribution in [2.45, 2.75) is 46.0 Å². The minimum atomic E-state index is -0.414. The van der Waals surface area contributed by atoms with E-state index in [1.54, 1.807) is 19.9 Å². The van der Waals surface area contributed by atoms with Gasteiger partial charge in [-0.25, -0.2) is 4.79 Å². The Morgan fingerprint density at radius 2 is 1.83 bits per heavy atom. The Morgan fingerprint density at radius 1 is 1.03 bits per heavy atom. The molecule has 0 amide bonds. The second kappa shape index (κ2) is 15.3. The van der Waals surface area contributed by atoms with E-state index in [1.807, 2.05) is 30.4 Å². The van der Waals surface area contributed by atoms with Crippen LogP contribution in [0.4, 0.5) is 0 Å². The lowest BCUT2D eigenvalue weighted by Gasteiger charge is -2.12. The number of allylic oxidation sites excluding steroid dienone is 1. The number of rotatable bonds is 14. The number of unbranched alkanes of at least 4 members (excludes halogenated alkanes) is 2. The van der Waals surface area contributed by atoms with Gasteiger partial charge in [-0.15, -0.1) is 0 Å². The molecule has 0 saturated carbocycles. The normalized spacial score (nSPS) is 11.1. The van der Waals surface area contributed by atoms with Gasteiger partial charge in [0.15, 0.2) is 0 Å². The molecule has 0 fully saturated rings. The van der Waals surface area contributed by atoms with Gasteiger partial charge in [0.2, 0.25) is 0 Å². The molecule has 6 nitrogen and oxygen atoms in total. The first-order valence-electron chi connectivity index (χ1n) is 10.2. The fourth-order valence-corrected chi connectivity index (χ4v) is 2.57. The van der Waals surface area contributed by atoms with Gasteiger partial charge in [-0.2, -0.15) is 0 Å². The molecule has 0 radical (unpaired) electrons. The number of aliphatic hydroxyl groups excluding tert-OH is 1. The van der Waals surface area contributed by atoms with Crippen molar-refractivity contribution in [3.8, 4) is 5.75 Å². The van der Waals surface area contributed by atoms with Crippen LogP contribution in [0.25, 0.3) is 12.2 Å². The molecule has 0 heterocycles. The number of carbonyl (C=O) groups excluding carboxylic acids is 2. The molecule has 0 bridgehead atoms. The second-order valence-electron chi connectivity index (χ2n) is 6.22. The highest BCUT2D eigenvalue weighted by atomic mass is 16.5. The lowest BCUT2D eigenvalue weighted by molar-refractivity contribution is -0.143. The third-order valence-electron chi connectivity index (χ3n) is 3.94. The molecule has 0 unspecified atom stereocenters. The van der Waals surface area contributed by atoms with Crippen LogP contribution in [0.3, 0.4) is 0 Å². The molecule has 6 heteroatoms. The summed E-state index contributed by atoms with van der Waals surface area (Å²) in [6, 6.07) is 5.66. The largest absolute Gasteiger partial charge is 0.493 e. The highest BCUT2D eigenvalue weighted by Gasteiger charge is 2.08. The van der Waals surface area contributed by atoms with Crippen molar-refractivity contribution in [1.29, 1.82) is 0 Å². The average Bonchev–Trinajstić information content (AvgIpc) is 2.70. The zero-order valence-corrected chi connectivity index (χ0v) is 17.4.